The number of hydrogen-bond donors (Lipinski definition) is 2. The van der Waals surface area contributed by atoms with E-state index in [0.717, 1.165) is 0 Å². The van der Waals surface area contributed by atoms with Gasteiger partial charge in [-0.05, 0) is 18.2 Å². The summed E-state index contributed by atoms with van der Waals surface area (Å²) >= 11 is 0. The van der Waals surface area contributed by atoms with Crippen LogP contribution in [0.15, 0.2) is 18.2 Å². The zero-order valence-electron chi connectivity index (χ0n) is 10.1. The van der Waals surface area contributed by atoms with Crippen LogP contribution in [0.1, 0.15) is 17.3 Å². The number of rotatable bonds is 4. The maximum absolute atomic E-state index is 11.8. The van der Waals surface area contributed by atoms with E-state index in [2.05, 4.69) is 10.6 Å². The highest BCUT2D eigenvalue weighted by Crippen LogP contribution is 2.22. The van der Waals surface area contributed by atoms with Gasteiger partial charge in [0.2, 0.25) is 5.91 Å². The number of nitrogens with zero attached hydrogens (tertiary/aromatic N) is 1. The molecule has 0 radical (unpaired) electrons. The Hall–Kier alpha value is -2.55. The molecule has 6 heteroatoms. The summed E-state index contributed by atoms with van der Waals surface area (Å²) in [6.45, 7) is 1.28. The van der Waals surface area contributed by atoms with Crippen molar-refractivity contribution in [2.45, 2.75) is 6.92 Å². The van der Waals surface area contributed by atoms with Crippen molar-refractivity contribution in [2.24, 2.45) is 0 Å². The van der Waals surface area contributed by atoms with Crippen molar-refractivity contribution < 1.29 is 14.3 Å². The van der Waals surface area contributed by atoms with Crippen LogP contribution in [0.4, 0.5) is 5.69 Å². The molecule has 94 valence electrons. The van der Waals surface area contributed by atoms with E-state index < -0.39 is 5.91 Å². The number of amides is 2. The minimum atomic E-state index is -0.430. The molecular weight excluding hydrogens is 234 g/mol. The van der Waals surface area contributed by atoms with E-state index in [-0.39, 0.29) is 18.0 Å². The van der Waals surface area contributed by atoms with Crippen molar-refractivity contribution in [3.63, 3.8) is 0 Å². The molecule has 0 aliphatic heterocycles. The average Bonchev–Trinajstić information content (AvgIpc) is 2.35. The first-order chi connectivity index (χ1) is 8.58. The van der Waals surface area contributed by atoms with Gasteiger partial charge in [-0.3, -0.25) is 9.59 Å². The lowest BCUT2D eigenvalue weighted by molar-refractivity contribution is -0.114. The number of nitrogens with one attached hydrogen (secondary N) is 2. The van der Waals surface area contributed by atoms with Crippen molar-refractivity contribution >= 4 is 17.5 Å². The number of methoxy groups -OCH3 is 1. The van der Waals surface area contributed by atoms with Gasteiger partial charge < -0.3 is 15.4 Å². The molecule has 0 bridgehead atoms. The first-order valence-corrected chi connectivity index (χ1v) is 5.19. The monoisotopic (exact) mass is 247 g/mol. The maximum Gasteiger partial charge on any atom is 0.255 e. The van der Waals surface area contributed by atoms with Crippen molar-refractivity contribution in [1.29, 1.82) is 5.26 Å². The van der Waals surface area contributed by atoms with E-state index in [9.17, 15) is 9.59 Å². The SMILES string of the molecule is COc1ccc(NC(C)=O)cc1C(=O)NCC#N. The lowest BCUT2D eigenvalue weighted by atomic mass is 10.1. The van der Waals surface area contributed by atoms with E-state index >= 15 is 0 Å². The maximum atomic E-state index is 11.8. The third-order valence-corrected chi connectivity index (χ3v) is 2.09. The summed E-state index contributed by atoms with van der Waals surface area (Å²) in [6.07, 6.45) is 0. The standard InChI is InChI=1S/C12H13N3O3/c1-8(16)15-9-3-4-11(18-2)10(7-9)12(17)14-6-5-13/h3-4,7H,6H2,1-2H3,(H,14,17)(H,15,16). The van der Waals surface area contributed by atoms with Gasteiger partial charge >= 0.3 is 0 Å². The van der Waals surface area contributed by atoms with Gasteiger partial charge in [0.15, 0.2) is 0 Å². The van der Waals surface area contributed by atoms with Gasteiger partial charge in [-0.2, -0.15) is 5.26 Å². The fourth-order valence-electron chi connectivity index (χ4n) is 1.38. The first kappa shape index (κ1) is 13.5. The Morgan fingerprint density at radius 3 is 2.72 bits per heavy atom. The molecule has 0 aromatic heterocycles. The number of carbonyl (C=O) groups excluding carboxylic acids is 2. The molecular formula is C12H13N3O3. The molecule has 0 spiro atoms. The molecule has 2 amide bonds. The van der Waals surface area contributed by atoms with E-state index in [1.807, 2.05) is 6.07 Å². The zero-order chi connectivity index (χ0) is 13.5. The summed E-state index contributed by atoms with van der Waals surface area (Å²) in [5, 5.41) is 13.4. The summed E-state index contributed by atoms with van der Waals surface area (Å²) < 4.78 is 5.05. The molecule has 0 saturated carbocycles. The second kappa shape index (κ2) is 6.25. The fraction of sp³-hybridized carbons (Fsp3) is 0.250. The van der Waals surface area contributed by atoms with Gasteiger partial charge in [0.05, 0.1) is 18.7 Å². The minimum absolute atomic E-state index is 0.0909. The van der Waals surface area contributed by atoms with Crippen LogP contribution in [0.5, 0.6) is 5.75 Å². The summed E-state index contributed by atoms with van der Waals surface area (Å²) in [4.78, 5) is 22.7. The van der Waals surface area contributed by atoms with Crippen LogP contribution < -0.4 is 15.4 Å². The lowest BCUT2D eigenvalue weighted by Crippen LogP contribution is -2.24. The number of nitriles is 1. The molecule has 0 heterocycles. The molecule has 0 unspecified atom stereocenters. The van der Waals surface area contributed by atoms with Crippen molar-refractivity contribution in [3.05, 3.63) is 23.8 Å². The zero-order valence-corrected chi connectivity index (χ0v) is 10.1. The van der Waals surface area contributed by atoms with Gasteiger partial charge in [0, 0.05) is 12.6 Å². The Morgan fingerprint density at radius 1 is 1.44 bits per heavy atom. The fourth-order valence-corrected chi connectivity index (χ4v) is 1.38. The predicted molar refractivity (Wildman–Crippen MR) is 65.2 cm³/mol. The van der Waals surface area contributed by atoms with Crippen molar-refractivity contribution in [3.8, 4) is 11.8 Å². The molecule has 0 aliphatic rings. The van der Waals surface area contributed by atoms with Gasteiger partial charge in [-0.25, -0.2) is 0 Å². The summed E-state index contributed by atoms with van der Waals surface area (Å²) in [7, 11) is 1.44. The molecule has 0 saturated heterocycles. The molecule has 0 aliphatic carbocycles. The summed E-state index contributed by atoms with van der Waals surface area (Å²) in [5.41, 5.74) is 0.754. The highest BCUT2D eigenvalue weighted by atomic mass is 16.5. The summed E-state index contributed by atoms with van der Waals surface area (Å²) in [6, 6.07) is 6.51. The van der Waals surface area contributed by atoms with Crippen molar-refractivity contribution in [1.82, 2.24) is 5.32 Å². The van der Waals surface area contributed by atoms with E-state index in [0.29, 0.717) is 11.4 Å². The average molecular weight is 247 g/mol. The quantitative estimate of drug-likeness (QED) is 0.773. The van der Waals surface area contributed by atoms with Crippen LogP contribution in [-0.4, -0.2) is 25.5 Å². The second-order valence-electron chi connectivity index (χ2n) is 3.44. The molecule has 0 fully saturated rings. The smallest absolute Gasteiger partial charge is 0.255 e. The Bertz CT molecular complexity index is 506. The van der Waals surface area contributed by atoms with Crippen LogP contribution in [-0.2, 0) is 4.79 Å². The number of carbonyl (C=O) groups is 2. The Kier molecular flexibility index (Phi) is 4.69. The number of benzene rings is 1. The van der Waals surface area contributed by atoms with Crippen LogP contribution >= 0.6 is 0 Å². The molecule has 1 aromatic carbocycles. The van der Waals surface area contributed by atoms with Gasteiger partial charge in [-0.1, -0.05) is 0 Å². The highest BCUT2D eigenvalue weighted by molar-refractivity contribution is 5.99. The van der Waals surface area contributed by atoms with Crippen LogP contribution in [0, 0.1) is 11.3 Å². The van der Waals surface area contributed by atoms with Crippen LogP contribution in [0.25, 0.3) is 0 Å². The Morgan fingerprint density at radius 2 is 2.17 bits per heavy atom. The molecule has 18 heavy (non-hydrogen) atoms. The van der Waals surface area contributed by atoms with E-state index in [4.69, 9.17) is 10.00 Å². The van der Waals surface area contributed by atoms with E-state index in [1.54, 1.807) is 12.1 Å². The number of hydrogen-bond acceptors (Lipinski definition) is 4. The molecule has 0 atom stereocenters. The molecule has 2 N–H and O–H groups in total. The molecule has 6 nitrogen and oxygen atoms in total. The van der Waals surface area contributed by atoms with Crippen LogP contribution in [0.3, 0.4) is 0 Å². The second-order valence-corrected chi connectivity index (χ2v) is 3.44. The van der Waals surface area contributed by atoms with Gasteiger partial charge in [0.25, 0.3) is 5.91 Å². The normalized spacial score (nSPS) is 9.17. The Balaban J connectivity index is 3.02. The predicted octanol–water partition coefficient (Wildman–Crippen LogP) is 0.907. The topological polar surface area (TPSA) is 91.2 Å². The molecule has 1 aromatic rings. The van der Waals surface area contributed by atoms with Crippen LogP contribution in [0.2, 0.25) is 0 Å². The van der Waals surface area contributed by atoms with Crippen molar-refractivity contribution in [2.75, 3.05) is 19.0 Å². The summed E-state index contributed by atoms with van der Waals surface area (Å²) in [5.74, 6) is -0.288. The Labute approximate surface area is 105 Å². The van der Waals surface area contributed by atoms with Gasteiger partial charge in [-0.15, -0.1) is 0 Å². The third kappa shape index (κ3) is 3.49. The lowest BCUT2D eigenvalue weighted by Gasteiger charge is -2.10. The third-order valence-electron chi connectivity index (χ3n) is 2.09. The minimum Gasteiger partial charge on any atom is -0.496 e. The molecule has 1 rings (SSSR count). The van der Waals surface area contributed by atoms with E-state index in [1.165, 1.54) is 20.1 Å². The largest absolute Gasteiger partial charge is 0.496 e. The van der Waals surface area contributed by atoms with Gasteiger partial charge in [0.1, 0.15) is 12.3 Å². The number of ether oxygens (including phenoxy) is 1. The number of anilines is 1. The first-order valence-electron chi connectivity index (χ1n) is 5.19. The highest BCUT2D eigenvalue weighted by Gasteiger charge is 2.13.